The van der Waals surface area contributed by atoms with Gasteiger partial charge in [-0.25, -0.2) is 0 Å². The summed E-state index contributed by atoms with van der Waals surface area (Å²) in [6, 6.07) is 0.428. The first kappa shape index (κ1) is 13.8. The van der Waals surface area contributed by atoms with Gasteiger partial charge in [0.05, 0.1) is 5.25 Å². The number of carbonyl (C=O) groups excluding carboxylic acids is 1. The predicted octanol–water partition coefficient (Wildman–Crippen LogP) is 2.01. The molecule has 0 radical (unpaired) electrons. The molecule has 0 unspecified atom stereocenters. The fourth-order valence-electron chi connectivity index (χ4n) is 1.31. The molecule has 1 N–H and O–H groups in total. The lowest BCUT2D eigenvalue weighted by molar-refractivity contribution is -0.120. The van der Waals surface area contributed by atoms with Crippen molar-refractivity contribution in [2.45, 2.75) is 44.9 Å². The van der Waals surface area contributed by atoms with Crippen molar-refractivity contribution in [1.82, 2.24) is 10.2 Å². The monoisotopic (exact) mass is 260 g/mol. The molecule has 0 bridgehead atoms. The third-order valence-electron chi connectivity index (χ3n) is 2.59. The van der Waals surface area contributed by atoms with E-state index in [1.54, 1.807) is 0 Å². The number of carbonyl (C=O) groups is 1. The predicted molar refractivity (Wildman–Crippen MR) is 73.7 cm³/mol. The smallest absolute Gasteiger partial charge is 0.233 e. The lowest BCUT2D eigenvalue weighted by Gasteiger charge is -2.22. The van der Waals surface area contributed by atoms with E-state index in [4.69, 9.17) is 12.2 Å². The van der Waals surface area contributed by atoms with E-state index in [9.17, 15) is 4.79 Å². The van der Waals surface area contributed by atoms with Crippen molar-refractivity contribution < 1.29 is 4.79 Å². The van der Waals surface area contributed by atoms with Crippen molar-refractivity contribution in [3.8, 4) is 0 Å². The molecule has 1 rings (SSSR count). The molecule has 3 nitrogen and oxygen atoms in total. The van der Waals surface area contributed by atoms with Crippen LogP contribution in [0.4, 0.5) is 0 Å². The summed E-state index contributed by atoms with van der Waals surface area (Å²) < 4.78 is 0.823. The number of hydrogen-bond donors (Lipinski definition) is 1. The van der Waals surface area contributed by atoms with Crippen LogP contribution in [0, 0.1) is 0 Å². The Bertz CT molecular complexity index is 263. The first-order valence-corrected chi connectivity index (χ1v) is 7.13. The molecule has 0 heterocycles. The standard InChI is InChI=1S/C11H20N2OS2/c1-4-13(5-2)11(15)16-8(3)10(14)12-9-6-7-9/h8-9H,4-7H2,1-3H3,(H,12,14)/t8-/m1/s1. The number of nitrogens with zero attached hydrogens (tertiary/aromatic N) is 1. The van der Waals surface area contributed by atoms with Crippen LogP contribution >= 0.6 is 24.0 Å². The van der Waals surface area contributed by atoms with Gasteiger partial charge in [-0.3, -0.25) is 4.79 Å². The van der Waals surface area contributed by atoms with Crippen molar-refractivity contribution >= 4 is 34.2 Å². The number of thiocarbonyl (C=S) groups is 1. The fourth-order valence-corrected chi connectivity index (χ4v) is 2.88. The zero-order valence-electron chi connectivity index (χ0n) is 10.2. The van der Waals surface area contributed by atoms with E-state index in [1.807, 2.05) is 6.92 Å². The maximum atomic E-state index is 11.7. The molecule has 5 heteroatoms. The Hall–Kier alpha value is -0.290. The second kappa shape index (κ2) is 6.45. The Balaban J connectivity index is 2.33. The van der Waals surface area contributed by atoms with Crippen molar-refractivity contribution in [3.63, 3.8) is 0 Å². The fraction of sp³-hybridized carbons (Fsp3) is 0.818. The van der Waals surface area contributed by atoms with Crippen LogP contribution in [0.1, 0.15) is 33.6 Å². The number of rotatable bonds is 5. The zero-order chi connectivity index (χ0) is 12.1. The van der Waals surface area contributed by atoms with Crippen LogP contribution in [-0.2, 0) is 4.79 Å². The van der Waals surface area contributed by atoms with E-state index in [-0.39, 0.29) is 11.2 Å². The Kier molecular flexibility index (Phi) is 5.55. The van der Waals surface area contributed by atoms with Crippen LogP contribution in [0.5, 0.6) is 0 Å². The highest BCUT2D eigenvalue weighted by Gasteiger charge is 2.26. The molecular weight excluding hydrogens is 240 g/mol. The van der Waals surface area contributed by atoms with Crippen LogP contribution < -0.4 is 5.32 Å². The van der Waals surface area contributed by atoms with Crippen molar-refractivity contribution in [2.24, 2.45) is 0 Å². The first-order chi connectivity index (χ1) is 7.58. The SMILES string of the molecule is CCN(CC)C(=S)S[C@H](C)C(=O)NC1CC1. The van der Waals surface area contributed by atoms with Crippen LogP contribution in [-0.4, -0.2) is 39.5 Å². The van der Waals surface area contributed by atoms with E-state index in [2.05, 4.69) is 24.1 Å². The van der Waals surface area contributed by atoms with Gasteiger partial charge in [0.2, 0.25) is 5.91 Å². The van der Waals surface area contributed by atoms with Crippen LogP contribution in [0.3, 0.4) is 0 Å². The van der Waals surface area contributed by atoms with Crippen LogP contribution in [0.2, 0.25) is 0 Å². The lowest BCUT2D eigenvalue weighted by atomic mass is 10.4. The summed E-state index contributed by atoms with van der Waals surface area (Å²) in [4.78, 5) is 13.8. The van der Waals surface area contributed by atoms with Crippen LogP contribution in [0.25, 0.3) is 0 Å². The lowest BCUT2D eigenvalue weighted by Crippen LogP contribution is -2.35. The third-order valence-corrected chi connectivity index (χ3v) is 4.17. The van der Waals surface area contributed by atoms with E-state index >= 15 is 0 Å². The summed E-state index contributed by atoms with van der Waals surface area (Å²) in [5.41, 5.74) is 0. The molecule has 0 aliphatic heterocycles. The van der Waals surface area contributed by atoms with Crippen molar-refractivity contribution in [1.29, 1.82) is 0 Å². The van der Waals surface area contributed by atoms with Gasteiger partial charge in [-0.2, -0.15) is 0 Å². The van der Waals surface area contributed by atoms with Gasteiger partial charge in [-0.1, -0.05) is 24.0 Å². The van der Waals surface area contributed by atoms with Gasteiger partial charge in [0, 0.05) is 19.1 Å². The van der Waals surface area contributed by atoms with Gasteiger partial charge < -0.3 is 10.2 Å². The van der Waals surface area contributed by atoms with Gasteiger partial charge in [0.15, 0.2) is 0 Å². The van der Waals surface area contributed by atoms with Gasteiger partial charge in [0.1, 0.15) is 4.32 Å². The Labute approximate surface area is 107 Å². The molecule has 1 atom stereocenters. The molecule has 1 aliphatic rings. The molecule has 1 aliphatic carbocycles. The highest BCUT2D eigenvalue weighted by molar-refractivity contribution is 8.23. The first-order valence-electron chi connectivity index (χ1n) is 5.84. The highest BCUT2D eigenvalue weighted by Crippen LogP contribution is 2.21. The molecule has 92 valence electrons. The molecule has 1 saturated carbocycles. The average molecular weight is 260 g/mol. The summed E-state index contributed by atoms with van der Waals surface area (Å²) in [7, 11) is 0. The normalized spacial score (nSPS) is 16.7. The summed E-state index contributed by atoms with van der Waals surface area (Å²) in [5, 5.41) is 2.91. The maximum Gasteiger partial charge on any atom is 0.233 e. The number of amides is 1. The topological polar surface area (TPSA) is 32.3 Å². The van der Waals surface area contributed by atoms with E-state index in [0.29, 0.717) is 6.04 Å². The molecule has 16 heavy (non-hydrogen) atoms. The molecule has 0 saturated heterocycles. The Morgan fingerprint density at radius 3 is 2.50 bits per heavy atom. The van der Waals surface area contributed by atoms with Crippen molar-refractivity contribution in [2.75, 3.05) is 13.1 Å². The Morgan fingerprint density at radius 2 is 2.06 bits per heavy atom. The molecule has 1 amide bonds. The molecule has 0 aromatic rings. The largest absolute Gasteiger partial charge is 0.358 e. The molecule has 0 aromatic carbocycles. The van der Waals surface area contributed by atoms with E-state index in [1.165, 1.54) is 11.8 Å². The molecule has 0 spiro atoms. The maximum absolute atomic E-state index is 11.7. The minimum atomic E-state index is -0.0892. The Morgan fingerprint density at radius 1 is 1.50 bits per heavy atom. The minimum Gasteiger partial charge on any atom is -0.358 e. The number of thioether (sulfide) groups is 1. The second-order valence-corrected chi connectivity index (χ2v) is 5.96. The summed E-state index contributed by atoms with van der Waals surface area (Å²) >= 11 is 6.79. The highest BCUT2D eigenvalue weighted by atomic mass is 32.2. The second-order valence-electron chi connectivity index (χ2n) is 3.98. The summed E-state index contributed by atoms with van der Waals surface area (Å²) in [6.07, 6.45) is 2.26. The van der Waals surface area contributed by atoms with Crippen molar-refractivity contribution in [3.05, 3.63) is 0 Å². The zero-order valence-corrected chi connectivity index (χ0v) is 11.8. The van der Waals surface area contributed by atoms with Gasteiger partial charge >= 0.3 is 0 Å². The molecule has 1 fully saturated rings. The van der Waals surface area contributed by atoms with Gasteiger partial charge in [-0.05, 0) is 33.6 Å². The minimum absolute atomic E-state index is 0.0892. The average Bonchev–Trinajstić information content (AvgIpc) is 3.03. The number of nitrogens with one attached hydrogen (secondary N) is 1. The van der Waals surface area contributed by atoms with E-state index in [0.717, 1.165) is 30.3 Å². The quantitative estimate of drug-likeness (QED) is 0.767. The van der Waals surface area contributed by atoms with E-state index < -0.39 is 0 Å². The third kappa shape index (κ3) is 4.29. The number of hydrogen-bond acceptors (Lipinski definition) is 3. The van der Waals surface area contributed by atoms with Gasteiger partial charge in [-0.15, -0.1) is 0 Å². The molecular formula is C11H20N2OS2. The molecule has 0 aromatic heterocycles. The summed E-state index contributed by atoms with van der Waals surface area (Å²) in [6.45, 7) is 7.87. The van der Waals surface area contributed by atoms with Crippen LogP contribution in [0.15, 0.2) is 0 Å². The summed E-state index contributed by atoms with van der Waals surface area (Å²) in [5.74, 6) is 0.113. The van der Waals surface area contributed by atoms with Gasteiger partial charge in [0.25, 0.3) is 0 Å².